The highest BCUT2D eigenvalue weighted by molar-refractivity contribution is 5.95. The summed E-state index contributed by atoms with van der Waals surface area (Å²) in [6.07, 6.45) is 8.40. The Morgan fingerprint density at radius 2 is 2.17 bits per heavy atom. The van der Waals surface area contributed by atoms with Gasteiger partial charge in [-0.3, -0.25) is 5.41 Å². The highest BCUT2D eigenvalue weighted by Crippen LogP contribution is 2.38. The van der Waals surface area contributed by atoms with Crippen molar-refractivity contribution < 1.29 is 0 Å². The van der Waals surface area contributed by atoms with Crippen LogP contribution in [0, 0.1) is 11.3 Å². The lowest BCUT2D eigenvalue weighted by Gasteiger charge is -2.38. The zero-order valence-corrected chi connectivity index (χ0v) is 10.6. The number of fused-ring (bicyclic) bond motifs is 1. The molecule has 0 aromatic carbocycles. The fraction of sp³-hybridized carbons (Fsp3) is 0.571. The molecule has 96 valence electrons. The number of rotatable bonds is 2. The lowest BCUT2D eigenvalue weighted by Crippen LogP contribution is -2.43. The van der Waals surface area contributed by atoms with Crippen molar-refractivity contribution in [1.29, 1.82) is 5.41 Å². The molecular weight excluding hydrogens is 224 g/mol. The first kappa shape index (κ1) is 11.5. The first-order chi connectivity index (χ1) is 8.75. The van der Waals surface area contributed by atoms with Gasteiger partial charge in [0.2, 0.25) is 0 Å². The number of nitrogen functional groups attached to an aromatic ring is 1. The summed E-state index contributed by atoms with van der Waals surface area (Å²) in [5, 5.41) is 7.52. The molecule has 1 aromatic heterocycles. The maximum atomic E-state index is 7.52. The van der Waals surface area contributed by atoms with Crippen molar-refractivity contribution >= 4 is 11.7 Å². The van der Waals surface area contributed by atoms with Crippen molar-refractivity contribution in [1.82, 2.24) is 4.98 Å². The number of nitrogens with two attached hydrogens (primary N) is 1. The second kappa shape index (κ2) is 4.59. The quantitative estimate of drug-likeness (QED) is 0.618. The molecule has 4 heteroatoms. The van der Waals surface area contributed by atoms with E-state index in [1.54, 1.807) is 6.20 Å². The number of nitrogens with one attached hydrogen (secondary N) is 1. The van der Waals surface area contributed by atoms with Gasteiger partial charge in [0, 0.05) is 24.3 Å². The minimum atomic E-state index is 0.124. The molecule has 3 rings (SSSR count). The molecule has 0 bridgehead atoms. The third-order valence-corrected chi connectivity index (χ3v) is 4.34. The molecule has 2 heterocycles. The number of pyridine rings is 1. The van der Waals surface area contributed by atoms with Crippen molar-refractivity contribution in [2.75, 3.05) is 11.4 Å². The predicted molar refractivity (Wildman–Crippen MR) is 73.0 cm³/mol. The Hall–Kier alpha value is -1.58. The molecule has 1 saturated heterocycles. The maximum Gasteiger partial charge on any atom is 0.129 e. The molecule has 1 aromatic rings. The lowest BCUT2D eigenvalue weighted by atomic mass is 9.92. The zero-order chi connectivity index (χ0) is 12.5. The van der Waals surface area contributed by atoms with Gasteiger partial charge >= 0.3 is 0 Å². The molecule has 1 saturated carbocycles. The Kier molecular flexibility index (Phi) is 2.94. The van der Waals surface area contributed by atoms with E-state index in [9.17, 15) is 0 Å². The number of anilines is 1. The number of amidine groups is 1. The average Bonchev–Trinajstić information content (AvgIpc) is 2.87. The molecule has 2 unspecified atom stereocenters. The molecule has 2 fully saturated rings. The largest absolute Gasteiger partial charge is 0.384 e. The summed E-state index contributed by atoms with van der Waals surface area (Å²) in [6, 6.07) is 4.43. The number of hydrogen-bond donors (Lipinski definition) is 2. The van der Waals surface area contributed by atoms with Crippen LogP contribution in [0.3, 0.4) is 0 Å². The summed E-state index contributed by atoms with van der Waals surface area (Å²) in [4.78, 5) is 6.92. The van der Waals surface area contributed by atoms with Crippen LogP contribution in [-0.4, -0.2) is 23.4 Å². The number of aromatic nitrogens is 1. The van der Waals surface area contributed by atoms with Crippen LogP contribution < -0.4 is 10.6 Å². The molecule has 18 heavy (non-hydrogen) atoms. The van der Waals surface area contributed by atoms with Crippen LogP contribution >= 0.6 is 0 Å². The van der Waals surface area contributed by atoms with E-state index in [4.69, 9.17) is 11.1 Å². The fourth-order valence-electron chi connectivity index (χ4n) is 3.48. The van der Waals surface area contributed by atoms with Crippen molar-refractivity contribution in [3.8, 4) is 0 Å². The molecule has 3 N–H and O–H groups in total. The smallest absolute Gasteiger partial charge is 0.129 e. The normalized spacial score (nSPS) is 27.0. The van der Waals surface area contributed by atoms with Gasteiger partial charge in [0.25, 0.3) is 0 Å². The molecule has 1 aliphatic heterocycles. The van der Waals surface area contributed by atoms with Gasteiger partial charge in [-0.25, -0.2) is 4.98 Å². The summed E-state index contributed by atoms with van der Waals surface area (Å²) < 4.78 is 0. The van der Waals surface area contributed by atoms with E-state index >= 15 is 0 Å². The van der Waals surface area contributed by atoms with Gasteiger partial charge in [0.05, 0.1) is 0 Å². The molecule has 0 spiro atoms. The topological polar surface area (TPSA) is 66.0 Å². The predicted octanol–water partition coefficient (Wildman–Crippen LogP) is 2.13. The van der Waals surface area contributed by atoms with Crippen LogP contribution in [0.15, 0.2) is 18.3 Å². The maximum absolute atomic E-state index is 7.52. The second-order valence-corrected chi connectivity index (χ2v) is 5.41. The van der Waals surface area contributed by atoms with Gasteiger partial charge in [-0.2, -0.15) is 0 Å². The standard InChI is InChI=1S/C14H20N4/c15-14(16)11-6-7-17-13(9-11)18-8-2-4-10-3-1-5-12(10)18/h6-7,9-10,12H,1-5,8H2,(H3,15,16). The van der Waals surface area contributed by atoms with Crippen LogP contribution in [0.4, 0.5) is 5.82 Å². The third-order valence-electron chi connectivity index (χ3n) is 4.34. The van der Waals surface area contributed by atoms with E-state index in [0.717, 1.165) is 23.8 Å². The Morgan fingerprint density at radius 3 is 3.00 bits per heavy atom. The molecular formula is C14H20N4. The minimum Gasteiger partial charge on any atom is -0.384 e. The van der Waals surface area contributed by atoms with Gasteiger partial charge in [0.15, 0.2) is 0 Å². The molecule has 1 aliphatic carbocycles. The third kappa shape index (κ3) is 1.96. The van der Waals surface area contributed by atoms with Crippen LogP contribution in [0.25, 0.3) is 0 Å². The van der Waals surface area contributed by atoms with Gasteiger partial charge in [-0.05, 0) is 43.7 Å². The molecule has 2 atom stereocenters. The number of hydrogen-bond acceptors (Lipinski definition) is 3. The van der Waals surface area contributed by atoms with Crippen molar-refractivity contribution in [2.45, 2.75) is 38.1 Å². The second-order valence-electron chi connectivity index (χ2n) is 5.41. The molecule has 0 radical (unpaired) electrons. The average molecular weight is 244 g/mol. The van der Waals surface area contributed by atoms with Crippen LogP contribution in [0.5, 0.6) is 0 Å². The van der Waals surface area contributed by atoms with E-state index in [0.29, 0.717) is 6.04 Å². The Bertz CT molecular complexity index is 457. The van der Waals surface area contributed by atoms with E-state index in [1.165, 1.54) is 32.1 Å². The van der Waals surface area contributed by atoms with Crippen molar-refractivity contribution in [3.05, 3.63) is 23.9 Å². The zero-order valence-electron chi connectivity index (χ0n) is 10.6. The van der Waals surface area contributed by atoms with Crippen LogP contribution in [0.1, 0.15) is 37.7 Å². The fourth-order valence-corrected chi connectivity index (χ4v) is 3.48. The van der Waals surface area contributed by atoms with Gasteiger partial charge in [-0.15, -0.1) is 0 Å². The van der Waals surface area contributed by atoms with E-state index in [-0.39, 0.29) is 5.84 Å². The van der Waals surface area contributed by atoms with Gasteiger partial charge < -0.3 is 10.6 Å². The summed E-state index contributed by atoms with van der Waals surface area (Å²) in [5.41, 5.74) is 6.33. The minimum absolute atomic E-state index is 0.124. The van der Waals surface area contributed by atoms with Crippen molar-refractivity contribution in [2.24, 2.45) is 11.7 Å². The Balaban J connectivity index is 1.89. The van der Waals surface area contributed by atoms with E-state index < -0.39 is 0 Å². The Labute approximate surface area is 108 Å². The summed E-state index contributed by atoms with van der Waals surface area (Å²) in [6.45, 7) is 1.09. The molecule has 0 amide bonds. The van der Waals surface area contributed by atoms with Gasteiger partial charge in [-0.1, -0.05) is 6.42 Å². The first-order valence-electron chi connectivity index (χ1n) is 6.83. The monoisotopic (exact) mass is 244 g/mol. The summed E-state index contributed by atoms with van der Waals surface area (Å²) in [7, 11) is 0. The summed E-state index contributed by atoms with van der Waals surface area (Å²) >= 11 is 0. The highest BCUT2D eigenvalue weighted by Gasteiger charge is 2.35. The van der Waals surface area contributed by atoms with Crippen molar-refractivity contribution in [3.63, 3.8) is 0 Å². The number of nitrogens with zero attached hydrogens (tertiary/aromatic N) is 2. The molecule has 2 aliphatic rings. The number of piperidine rings is 1. The molecule has 4 nitrogen and oxygen atoms in total. The van der Waals surface area contributed by atoms with Crippen LogP contribution in [0.2, 0.25) is 0 Å². The Morgan fingerprint density at radius 1 is 1.33 bits per heavy atom. The summed E-state index contributed by atoms with van der Waals surface area (Å²) in [5.74, 6) is 1.97. The SMILES string of the molecule is N=C(N)c1ccnc(N2CCCC3CCCC32)c1. The van der Waals surface area contributed by atoms with Gasteiger partial charge in [0.1, 0.15) is 11.7 Å². The van der Waals surface area contributed by atoms with E-state index in [1.807, 2.05) is 12.1 Å². The lowest BCUT2D eigenvalue weighted by molar-refractivity contribution is 0.360. The van der Waals surface area contributed by atoms with E-state index in [2.05, 4.69) is 9.88 Å². The first-order valence-corrected chi connectivity index (χ1v) is 6.83. The highest BCUT2D eigenvalue weighted by atomic mass is 15.2. The van der Waals surface area contributed by atoms with Crippen LogP contribution in [-0.2, 0) is 0 Å².